The second kappa shape index (κ2) is 6.22. The SMILES string of the molecule is CCOc1ccc(NCN2C(=O)[C@H]3CC=CC[C@H]3C2=O)cc1. The van der Waals surface area contributed by atoms with Gasteiger partial charge in [0.25, 0.3) is 0 Å². The van der Waals surface area contributed by atoms with E-state index in [-0.39, 0.29) is 30.3 Å². The first-order valence-electron chi connectivity index (χ1n) is 7.67. The van der Waals surface area contributed by atoms with Gasteiger partial charge in [-0.25, -0.2) is 0 Å². The molecule has 0 saturated carbocycles. The zero-order valence-corrected chi connectivity index (χ0v) is 12.6. The Hall–Kier alpha value is -2.30. The van der Waals surface area contributed by atoms with Gasteiger partial charge in [0.1, 0.15) is 5.75 Å². The highest BCUT2D eigenvalue weighted by Gasteiger charge is 2.46. The van der Waals surface area contributed by atoms with Gasteiger partial charge >= 0.3 is 0 Å². The van der Waals surface area contributed by atoms with Gasteiger partial charge in [0.05, 0.1) is 25.1 Å². The molecule has 1 aromatic carbocycles. The van der Waals surface area contributed by atoms with Crippen molar-refractivity contribution < 1.29 is 14.3 Å². The van der Waals surface area contributed by atoms with Crippen molar-refractivity contribution in [2.24, 2.45) is 11.8 Å². The Labute approximate surface area is 129 Å². The maximum absolute atomic E-state index is 12.3. The smallest absolute Gasteiger partial charge is 0.234 e. The lowest BCUT2D eigenvalue weighted by Crippen LogP contribution is -2.35. The van der Waals surface area contributed by atoms with E-state index in [0.29, 0.717) is 19.4 Å². The number of imide groups is 1. The van der Waals surface area contributed by atoms with Crippen LogP contribution in [0.1, 0.15) is 19.8 Å². The molecule has 1 saturated heterocycles. The molecule has 0 aromatic heterocycles. The van der Waals surface area contributed by atoms with E-state index in [4.69, 9.17) is 4.74 Å². The van der Waals surface area contributed by atoms with Crippen molar-refractivity contribution in [1.82, 2.24) is 4.90 Å². The van der Waals surface area contributed by atoms with Crippen LogP contribution in [0.25, 0.3) is 0 Å². The maximum Gasteiger partial charge on any atom is 0.234 e. The first-order valence-corrected chi connectivity index (χ1v) is 7.67. The van der Waals surface area contributed by atoms with Crippen LogP contribution in [0, 0.1) is 11.8 Å². The van der Waals surface area contributed by atoms with E-state index < -0.39 is 0 Å². The second-order valence-electron chi connectivity index (χ2n) is 5.55. The third-order valence-corrected chi connectivity index (χ3v) is 4.21. The van der Waals surface area contributed by atoms with Crippen molar-refractivity contribution in [3.05, 3.63) is 36.4 Å². The molecule has 1 fully saturated rings. The minimum atomic E-state index is -0.167. The molecule has 2 aliphatic rings. The van der Waals surface area contributed by atoms with Gasteiger partial charge in [0.15, 0.2) is 0 Å². The van der Waals surface area contributed by atoms with E-state index in [1.54, 1.807) is 0 Å². The number of benzene rings is 1. The normalized spacial score (nSPS) is 23.6. The van der Waals surface area contributed by atoms with Gasteiger partial charge in [-0.15, -0.1) is 0 Å². The lowest BCUT2D eigenvalue weighted by Gasteiger charge is -2.16. The molecule has 5 nitrogen and oxygen atoms in total. The fraction of sp³-hybridized carbons (Fsp3) is 0.412. The number of allylic oxidation sites excluding steroid dienone is 2. The largest absolute Gasteiger partial charge is 0.494 e. The molecule has 3 rings (SSSR count). The molecule has 2 atom stereocenters. The molecule has 0 radical (unpaired) electrons. The summed E-state index contributed by atoms with van der Waals surface area (Å²) in [7, 11) is 0. The molecule has 1 aliphatic carbocycles. The van der Waals surface area contributed by atoms with Crippen molar-refractivity contribution in [2.45, 2.75) is 19.8 Å². The van der Waals surface area contributed by atoms with Gasteiger partial charge in [0.2, 0.25) is 11.8 Å². The summed E-state index contributed by atoms with van der Waals surface area (Å²) in [4.78, 5) is 26.0. The number of hydrogen-bond acceptors (Lipinski definition) is 4. The molecular formula is C17H20N2O3. The van der Waals surface area contributed by atoms with Crippen LogP contribution in [0.5, 0.6) is 5.75 Å². The number of nitrogens with one attached hydrogen (secondary N) is 1. The highest BCUT2D eigenvalue weighted by atomic mass is 16.5. The first kappa shape index (κ1) is 14.6. The fourth-order valence-electron chi connectivity index (χ4n) is 3.03. The summed E-state index contributed by atoms with van der Waals surface area (Å²) in [5.74, 6) is 0.355. The van der Waals surface area contributed by atoms with Crippen LogP contribution in [0.2, 0.25) is 0 Å². The van der Waals surface area contributed by atoms with Gasteiger partial charge in [-0.3, -0.25) is 14.5 Å². The average Bonchev–Trinajstić information content (AvgIpc) is 2.79. The summed E-state index contributed by atoms with van der Waals surface area (Å²) >= 11 is 0. The van der Waals surface area contributed by atoms with E-state index in [1.807, 2.05) is 43.3 Å². The molecule has 0 unspecified atom stereocenters. The zero-order chi connectivity index (χ0) is 15.5. The average molecular weight is 300 g/mol. The van der Waals surface area contributed by atoms with Crippen LogP contribution in [-0.2, 0) is 9.59 Å². The minimum absolute atomic E-state index is 0.0576. The van der Waals surface area contributed by atoms with E-state index in [1.165, 1.54) is 4.90 Å². The summed E-state index contributed by atoms with van der Waals surface area (Å²) in [6, 6.07) is 7.49. The molecular weight excluding hydrogens is 280 g/mol. The second-order valence-corrected chi connectivity index (χ2v) is 5.55. The Morgan fingerprint density at radius 2 is 1.68 bits per heavy atom. The topological polar surface area (TPSA) is 58.6 Å². The first-order chi connectivity index (χ1) is 10.7. The third kappa shape index (κ3) is 2.71. The Morgan fingerprint density at radius 1 is 1.09 bits per heavy atom. The van der Waals surface area contributed by atoms with E-state index >= 15 is 0 Å². The van der Waals surface area contributed by atoms with Gasteiger partial charge in [-0.1, -0.05) is 12.2 Å². The minimum Gasteiger partial charge on any atom is -0.494 e. The number of carbonyl (C=O) groups excluding carboxylic acids is 2. The standard InChI is InChI=1S/C17H20N2O3/c1-2-22-13-9-7-12(8-10-13)18-11-19-16(20)14-5-3-4-6-15(14)17(19)21/h3-4,7-10,14-15,18H,2,5-6,11H2,1H3/t14-,15+. The summed E-state index contributed by atoms with van der Waals surface area (Å²) in [6.45, 7) is 2.78. The number of hydrogen-bond donors (Lipinski definition) is 1. The Bertz CT molecular complexity index is 568. The number of anilines is 1. The van der Waals surface area contributed by atoms with E-state index in [9.17, 15) is 9.59 Å². The summed E-state index contributed by atoms with van der Waals surface area (Å²) in [5.41, 5.74) is 0.858. The molecule has 0 spiro atoms. The summed E-state index contributed by atoms with van der Waals surface area (Å²) in [5, 5.41) is 3.13. The Kier molecular flexibility index (Phi) is 4.13. The number of ether oxygens (including phenoxy) is 1. The van der Waals surface area contributed by atoms with Crippen LogP contribution in [0.15, 0.2) is 36.4 Å². The van der Waals surface area contributed by atoms with Crippen LogP contribution < -0.4 is 10.1 Å². The number of amides is 2. The third-order valence-electron chi connectivity index (χ3n) is 4.21. The molecule has 1 heterocycles. The number of carbonyl (C=O) groups is 2. The Balaban J connectivity index is 1.61. The van der Waals surface area contributed by atoms with Gasteiger partial charge in [-0.2, -0.15) is 0 Å². The van der Waals surface area contributed by atoms with Crippen LogP contribution >= 0.6 is 0 Å². The fourth-order valence-corrected chi connectivity index (χ4v) is 3.03. The van der Waals surface area contributed by atoms with Crippen LogP contribution in [-0.4, -0.2) is 30.0 Å². The predicted molar refractivity (Wildman–Crippen MR) is 83.3 cm³/mol. The molecule has 0 bridgehead atoms. The molecule has 2 amide bonds. The van der Waals surface area contributed by atoms with Crippen molar-refractivity contribution in [3.8, 4) is 5.75 Å². The molecule has 1 aliphatic heterocycles. The van der Waals surface area contributed by atoms with Crippen molar-refractivity contribution in [1.29, 1.82) is 0 Å². The molecule has 1 aromatic rings. The van der Waals surface area contributed by atoms with Crippen molar-refractivity contribution >= 4 is 17.5 Å². The molecule has 116 valence electrons. The van der Waals surface area contributed by atoms with Crippen molar-refractivity contribution in [3.63, 3.8) is 0 Å². The lowest BCUT2D eigenvalue weighted by molar-refractivity contribution is -0.139. The van der Waals surface area contributed by atoms with Gasteiger partial charge < -0.3 is 10.1 Å². The maximum atomic E-state index is 12.3. The number of fused-ring (bicyclic) bond motifs is 1. The number of nitrogens with zero attached hydrogens (tertiary/aromatic N) is 1. The summed E-state index contributed by atoms with van der Waals surface area (Å²) in [6.07, 6.45) is 5.34. The number of rotatable bonds is 5. The number of likely N-dealkylation sites (tertiary alicyclic amines) is 1. The quantitative estimate of drug-likeness (QED) is 0.670. The monoisotopic (exact) mass is 300 g/mol. The highest BCUT2D eigenvalue weighted by molar-refractivity contribution is 6.05. The van der Waals surface area contributed by atoms with Gasteiger partial charge in [-0.05, 0) is 44.0 Å². The molecule has 5 heteroatoms. The Morgan fingerprint density at radius 3 is 2.23 bits per heavy atom. The zero-order valence-electron chi connectivity index (χ0n) is 12.6. The van der Waals surface area contributed by atoms with E-state index in [2.05, 4.69) is 5.32 Å². The van der Waals surface area contributed by atoms with Crippen molar-refractivity contribution in [2.75, 3.05) is 18.6 Å². The molecule has 1 N–H and O–H groups in total. The van der Waals surface area contributed by atoms with Gasteiger partial charge in [0, 0.05) is 5.69 Å². The van der Waals surface area contributed by atoms with E-state index in [0.717, 1.165) is 11.4 Å². The summed E-state index contributed by atoms with van der Waals surface area (Å²) < 4.78 is 5.38. The highest BCUT2D eigenvalue weighted by Crippen LogP contribution is 2.34. The lowest BCUT2D eigenvalue weighted by atomic mass is 9.85. The van der Waals surface area contributed by atoms with Crippen LogP contribution in [0.3, 0.4) is 0 Å². The predicted octanol–water partition coefficient (Wildman–Crippen LogP) is 2.41. The van der Waals surface area contributed by atoms with Crippen LogP contribution in [0.4, 0.5) is 5.69 Å². The molecule has 22 heavy (non-hydrogen) atoms.